The third kappa shape index (κ3) is 2.29. The SMILES string of the molecule is CCC(CC)(OC)C(O)CC1CCC1. The number of hydrogen-bond donors (Lipinski definition) is 1. The van der Waals surface area contributed by atoms with Crippen molar-refractivity contribution in [1.29, 1.82) is 0 Å². The first-order valence-corrected chi connectivity index (χ1v) is 5.91. The van der Waals surface area contributed by atoms with E-state index in [-0.39, 0.29) is 11.7 Å². The van der Waals surface area contributed by atoms with Crippen LogP contribution in [0.25, 0.3) is 0 Å². The molecule has 1 rings (SSSR count). The molecule has 0 amide bonds. The fourth-order valence-electron chi connectivity index (χ4n) is 2.40. The van der Waals surface area contributed by atoms with Crippen molar-refractivity contribution in [2.45, 2.75) is 64.1 Å². The van der Waals surface area contributed by atoms with Crippen molar-refractivity contribution in [2.24, 2.45) is 5.92 Å². The second-order valence-corrected chi connectivity index (χ2v) is 4.52. The summed E-state index contributed by atoms with van der Waals surface area (Å²) in [6, 6.07) is 0. The van der Waals surface area contributed by atoms with Gasteiger partial charge in [0.1, 0.15) is 0 Å². The van der Waals surface area contributed by atoms with Gasteiger partial charge in [-0.25, -0.2) is 0 Å². The molecule has 2 heteroatoms. The average molecular weight is 200 g/mol. The van der Waals surface area contributed by atoms with Crippen molar-refractivity contribution in [3.63, 3.8) is 0 Å². The van der Waals surface area contributed by atoms with Gasteiger partial charge in [0.25, 0.3) is 0 Å². The van der Waals surface area contributed by atoms with Gasteiger partial charge in [-0.3, -0.25) is 0 Å². The molecule has 0 aliphatic heterocycles. The predicted octanol–water partition coefficient (Wildman–Crippen LogP) is 2.74. The van der Waals surface area contributed by atoms with Gasteiger partial charge >= 0.3 is 0 Å². The van der Waals surface area contributed by atoms with E-state index in [0.29, 0.717) is 0 Å². The van der Waals surface area contributed by atoms with Crippen molar-refractivity contribution in [3.8, 4) is 0 Å². The Labute approximate surface area is 87.7 Å². The number of aliphatic hydroxyl groups excluding tert-OH is 1. The minimum Gasteiger partial charge on any atom is -0.390 e. The molecule has 1 N–H and O–H groups in total. The topological polar surface area (TPSA) is 29.5 Å². The molecule has 0 radical (unpaired) electrons. The molecule has 14 heavy (non-hydrogen) atoms. The fourth-order valence-corrected chi connectivity index (χ4v) is 2.40. The smallest absolute Gasteiger partial charge is 0.0931 e. The van der Waals surface area contributed by atoms with Crippen LogP contribution in [0.4, 0.5) is 0 Å². The molecule has 1 saturated carbocycles. The first-order chi connectivity index (χ1) is 6.68. The van der Waals surface area contributed by atoms with Crippen LogP contribution in [0.15, 0.2) is 0 Å². The standard InChI is InChI=1S/C12H24O2/c1-4-12(5-2,14-3)11(13)9-10-7-6-8-10/h10-11,13H,4-9H2,1-3H3. The molecule has 0 heterocycles. The zero-order chi connectivity index (χ0) is 10.6. The van der Waals surface area contributed by atoms with Gasteiger partial charge in [-0.1, -0.05) is 33.1 Å². The van der Waals surface area contributed by atoms with Crippen molar-refractivity contribution in [2.75, 3.05) is 7.11 Å². The minimum absolute atomic E-state index is 0.284. The Morgan fingerprint density at radius 3 is 2.21 bits per heavy atom. The number of aliphatic hydroxyl groups is 1. The van der Waals surface area contributed by atoms with E-state index in [1.807, 2.05) is 0 Å². The van der Waals surface area contributed by atoms with Gasteiger partial charge in [-0.05, 0) is 25.2 Å². The summed E-state index contributed by atoms with van der Waals surface area (Å²) in [7, 11) is 1.72. The highest BCUT2D eigenvalue weighted by Gasteiger charge is 2.36. The third-order valence-corrected chi connectivity index (χ3v) is 3.99. The van der Waals surface area contributed by atoms with Gasteiger partial charge in [0.05, 0.1) is 11.7 Å². The first-order valence-electron chi connectivity index (χ1n) is 5.91. The van der Waals surface area contributed by atoms with Crippen LogP contribution in [0.5, 0.6) is 0 Å². The van der Waals surface area contributed by atoms with Gasteiger partial charge < -0.3 is 9.84 Å². The van der Waals surface area contributed by atoms with Crippen LogP contribution >= 0.6 is 0 Å². The van der Waals surface area contributed by atoms with Gasteiger partial charge in [0.2, 0.25) is 0 Å². The van der Waals surface area contributed by atoms with Crippen molar-refractivity contribution < 1.29 is 9.84 Å². The fraction of sp³-hybridized carbons (Fsp3) is 1.00. The van der Waals surface area contributed by atoms with E-state index in [9.17, 15) is 5.11 Å². The third-order valence-electron chi connectivity index (χ3n) is 3.99. The zero-order valence-electron chi connectivity index (χ0n) is 9.75. The lowest BCUT2D eigenvalue weighted by molar-refractivity contribution is -0.117. The Hall–Kier alpha value is -0.0800. The highest BCUT2D eigenvalue weighted by molar-refractivity contribution is 4.88. The summed E-state index contributed by atoms with van der Waals surface area (Å²) in [6.07, 6.45) is 6.37. The Morgan fingerprint density at radius 1 is 1.36 bits per heavy atom. The number of hydrogen-bond acceptors (Lipinski definition) is 2. The number of ether oxygens (including phenoxy) is 1. The molecule has 0 saturated heterocycles. The van der Waals surface area contributed by atoms with Crippen LogP contribution in [0.1, 0.15) is 52.4 Å². The summed E-state index contributed by atoms with van der Waals surface area (Å²) in [4.78, 5) is 0. The minimum atomic E-state index is -0.296. The normalized spacial score (nSPS) is 20.6. The summed E-state index contributed by atoms with van der Waals surface area (Å²) < 4.78 is 5.52. The Balaban J connectivity index is 2.47. The van der Waals surface area contributed by atoms with E-state index in [2.05, 4.69) is 13.8 Å². The molecule has 1 atom stereocenters. The van der Waals surface area contributed by atoms with E-state index < -0.39 is 0 Å². The molecular formula is C12H24O2. The van der Waals surface area contributed by atoms with E-state index >= 15 is 0 Å². The molecule has 1 fully saturated rings. The Morgan fingerprint density at radius 2 is 1.93 bits per heavy atom. The summed E-state index contributed by atoms with van der Waals surface area (Å²) >= 11 is 0. The quantitative estimate of drug-likeness (QED) is 0.714. The summed E-state index contributed by atoms with van der Waals surface area (Å²) in [5, 5.41) is 10.2. The summed E-state index contributed by atoms with van der Waals surface area (Å²) in [6.45, 7) is 4.19. The molecule has 0 aromatic heterocycles. The van der Waals surface area contributed by atoms with E-state index in [1.54, 1.807) is 7.11 Å². The van der Waals surface area contributed by atoms with Crippen LogP contribution in [-0.4, -0.2) is 23.9 Å². The lowest BCUT2D eigenvalue weighted by atomic mass is 9.77. The zero-order valence-corrected chi connectivity index (χ0v) is 9.75. The maximum absolute atomic E-state index is 10.2. The van der Waals surface area contributed by atoms with Gasteiger partial charge in [0.15, 0.2) is 0 Å². The summed E-state index contributed by atoms with van der Waals surface area (Å²) in [5.74, 6) is 0.748. The lowest BCUT2D eigenvalue weighted by Crippen LogP contribution is -2.44. The molecule has 0 aromatic carbocycles. The molecule has 2 nitrogen and oxygen atoms in total. The molecule has 1 aliphatic rings. The van der Waals surface area contributed by atoms with Crippen LogP contribution in [0.2, 0.25) is 0 Å². The maximum atomic E-state index is 10.2. The van der Waals surface area contributed by atoms with Crippen molar-refractivity contribution in [3.05, 3.63) is 0 Å². The monoisotopic (exact) mass is 200 g/mol. The van der Waals surface area contributed by atoms with E-state index in [0.717, 1.165) is 25.2 Å². The van der Waals surface area contributed by atoms with Crippen molar-refractivity contribution >= 4 is 0 Å². The highest BCUT2D eigenvalue weighted by atomic mass is 16.5. The van der Waals surface area contributed by atoms with Crippen LogP contribution in [0.3, 0.4) is 0 Å². The molecule has 0 aromatic rings. The number of rotatable bonds is 6. The predicted molar refractivity (Wildman–Crippen MR) is 58.3 cm³/mol. The highest BCUT2D eigenvalue weighted by Crippen LogP contribution is 2.35. The van der Waals surface area contributed by atoms with Gasteiger partial charge in [0, 0.05) is 7.11 Å². The van der Waals surface area contributed by atoms with E-state index in [1.165, 1.54) is 19.3 Å². The van der Waals surface area contributed by atoms with Crippen LogP contribution in [-0.2, 0) is 4.74 Å². The van der Waals surface area contributed by atoms with Crippen molar-refractivity contribution in [1.82, 2.24) is 0 Å². The average Bonchev–Trinajstić information content (AvgIpc) is 2.15. The lowest BCUT2D eigenvalue weighted by Gasteiger charge is -2.38. The maximum Gasteiger partial charge on any atom is 0.0931 e. The van der Waals surface area contributed by atoms with Crippen LogP contribution < -0.4 is 0 Å². The molecule has 1 unspecified atom stereocenters. The molecular weight excluding hydrogens is 176 g/mol. The van der Waals surface area contributed by atoms with E-state index in [4.69, 9.17) is 4.74 Å². The van der Waals surface area contributed by atoms with Gasteiger partial charge in [-0.2, -0.15) is 0 Å². The first kappa shape index (κ1) is 12.0. The number of methoxy groups -OCH3 is 1. The second-order valence-electron chi connectivity index (χ2n) is 4.52. The Bertz CT molecular complexity index is 151. The molecule has 0 bridgehead atoms. The molecule has 0 spiro atoms. The second kappa shape index (κ2) is 5.13. The summed E-state index contributed by atoms with van der Waals surface area (Å²) in [5.41, 5.74) is -0.296. The molecule has 1 aliphatic carbocycles. The Kier molecular flexibility index (Phi) is 4.39. The van der Waals surface area contributed by atoms with Crippen LogP contribution in [0, 0.1) is 5.92 Å². The molecule has 84 valence electrons. The largest absolute Gasteiger partial charge is 0.390 e. The van der Waals surface area contributed by atoms with Gasteiger partial charge in [-0.15, -0.1) is 0 Å².